The van der Waals surface area contributed by atoms with E-state index in [0.29, 0.717) is 6.04 Å². The summed E-state index contributed by atoms with van der Waals surface area (Å²) in [5.74, 6) is 0.929. The summed E-state index contributed by atoms with van der Waals surface area (Å²) in [7, 11) is 1.71. The summed E-state index contributed by atoms with van der Waals surface area (Å²) >= 11 is 7.99. The molecule has 0 saturated carbocycles. The Morgan fingerprint density at radius 3 is 2.82 bits per heavy atom. The molecule has 0 heterocycles. The third kappa shape index (κ3) is 4.88. The van der Waals surface area contributed by atoms with Gasteiger partial charge in [0.2, 0.25) is 0 Å². The van der Waals surface area contributed by atoms with Gasteiger partial charge in [0.05, 0.1) is 11.6 Å². The molecule has 17 heavy (non-hydrogen) atoms. The van der Waals surface area contributed by atoms with Gasteiger partial charge in [0.15, 0.2) is 0 Å². The first-order valence-electron chi connectivity index (χ1n) is 5.83. The van der Waals surface area contributed by atoms with Crippen molar-refractivity contribution < 1.29 is 4.74 Å². The van der Waals surface area contributed by atoms with E-state index >= 15 is 0 Å². The molecular formula is C13H20ClNOS. The normalized spacial score (nSPS) is 12.7. The standard InChI is InChI=1S/C13H20ClNOS/c1-4-15-10(2)11-5-6-13(12(14)9-11)17-8-7-16-3/h5-6,9-10,15H,4,7-8H2,1-3H3. The van der Waals surface area contributed by atoms with E-state index in [1.807, 2.05) is 6.07 Å². The van der Waals surface area contributed by atoms with Crippen molar-refractivity contribution in [3.8, 4) is 0 Å². The van der Waals surface area contributed by atoms with Crippen LogP contribution >= 0.6 is 23.4 Å². The molecule has 1 N–H and O–H groups in total. The molecule has 2 nitrogen and oxygen atoms in total. The van der Waals surface area contributed by atoms with Crippen molar-refractivity contribution in [2.45, 2.75) is 24.8 Å². The maximum atomic E-state index is 6.26. The van der Waals surface area contributed by atoms with E-state index in [1.54, 1.807) is 18.9 Å². The molecule has 0 saturated heterocycles. The lowest BCUT2D eigenvalue weighted by molar-refractivity contribution is 0.218. The molecule has 0 aliphatic carbocycles. The van der Waals surface area contributed by atoms with Crippen LogP contribution in [0.2, 0.25) is 5.02 Å². The fraction of sp³-hybridized carbons (Fsp3) is 0.538. The van der Waals surface area contributed by atoms with Crippen LogP contribution in [0.5, 0.6) is 0 Å². The molecule has 4 heteroatoms. The first-order valence-corrected chi connectivity index (χ1v) is 7.20. The highest BCUT2D eigenvalue weighted by Crippen LogP contribution is 2.29. The zero-order valence-electron chi connectivity index (χ0n) is 10.6. The third-order valence-electron chi connectivity index (χ3n) is 2.51. The topological polar surface area (TPSA) is 21.3 Å². The highest BCUT2D eigenvalue weighted by atomic mass is 35.5. The number of rotatable bonds is 7. The van der Waals surface area contributed by atoms with Gasteiger partial charge in [-0.1, -0.05) is 24.6 Å². The van der Waals surface area contributed by atoms with Crippen LogP contribution in [0.25, 0.3) is 0 Å². The summed E-state index contributed by atoms with van der Waals surface area (Å²) in [6.45, 7) is 5.96. The highest BCUT2D eigenvalue weighted by molar-refractivity contribution is 7.99. The molecule has 1 rings (SSSR count). The Hall–Kier alpha value is -0.220. The van der Waals surface area contributed by atoms with E-state index in [-0.39, 0.29) is 0 Å². The average molecular weight is 274 g/mol. The first-order chi connectivity index (χ1) is 8.19. The first kappa shape index (κ1) is 14.8. The predicted octanol–water partition coefficient (Wildman–Crippen LogP) is 3.75. The second-order valence-corrected chi connectivity index (χ2v) is 5.35. The van der Waals surface area contributed by atoms with Crippen LogP contribution in [0.3, 0.4) is 0 Å². The molecule has 1 atom stereocenters. The molecular weight excluding hydrogens is 254 g/mol. The summed E-state index contributed by atoms with van der Waals surface area (Å²) < 4.78 is 5.02. The summed E-state index contributed by atoms with van der Waals surface area (Å²) in [6, 6.07) is 6.61. The quantitative estimate of drug-likeness (QED) is 0.604. The Bertz CT molecular complexity index is 346. The molecule has 0 aromatic heterocycles. The van der Waals surface area contributed by atoms with Crippen molar-refractivity contribution in [2.75, 3.05) is 26.0 Å². The monoisotopic (exact) mass is 273 g/mol. The third-order valence-corrected chi connectivity index (χ3v) is 3.97. The number of thioether (sulfide) groups is 1. The molecule has 0 fully saturated rings. The van der Waals surface area contributed by atoms with Gasteiger partial charge in [-0.2, -0.15) is 0 Å². The summed E-state index contributed by atoms with van der Waals surface area (Å²) in [4.78, 5) is 1.12. The molecule has 96 valence electrons. The number of ether oxygens (including phenoxy) is 1. The fourth-order valence-corrected chi connectivity index (χ4v) is 2.75. The van der Waals surface area contributed by atoms with E-state index in [4.69, 9.17) is 16.3 Å². The lowest BCUT2D eigenvalue weighted by Crippen LogP contribution is -2.17. The number of benzene rings is 1. The van der Waals surface area contributed by atoms with Gasteiger partial charge in [0.25, 0.3) is 0 Å². The van der Waals surface area contributed by atoms with Gasteiger partial charge in [-0.3, -0.25) is 0 Å². The zero-order valence-corrected chi connectivity index (χ0v) is 12.2. The van der Waals surface area contributed by atoms with E-state index in [0.717, 1.165) is 28.8 Å². The fourth-order valence-electron chi connectivity index (χ4n) is 1.56. The maximum absolute atomic E-state index is 6.26. The van der Waals surface area contributed by atoms with Gasteiger partial charge in [-0.15, -0.1) is 11.8 Å². The van der Waals surface area contributed by atoms with Gasteiger partial charge in [-0.05, 0) is 31.2 Å². The maximum Gasteiger partial charge on any atom is 0.0556 e. The molecule has 1 aromatic carbocycles. The number of hydrogen-bond acceptors (Lipinski definition) is 3. The second-order valence-electron chi connectivity index (χ2n) is 3.81. The van der Waals surface area contributed by atoms with Gasteiger partial charge >= 0.3 is 0 Å². The van der Waals surface area contributed by atoms with Crippen molar-refractivity contribution in [2.24, 2.45) is 0 Å². The largest absolute Gasteiger partial charge is 0.384 e. The average Bonchev–Trinajstić information content (AvgIpc) is 2.31. The van der Waals surface area contributed by atoms with Crippen LogP contribution in [0, 0.1) is 0 Å². The number of methoxy groups -OCH3 is 1. The van der Waals surface area contributed by atoms with Gasteiger partial charge < -0.3 is 10.1 Å². The zero-order chi connectivity index (χ0) is 12.7. The lowest BCUT2D eigenvalue weighted by atomic mass is 10.1. The number of halogens is 1. The minimum Gasteiger partial charge on any atom is -0.384 e. The minimum absolute atomic E-state index is 0.343. The van der Waals surface area contributed by atoms with Crippen molar-refractivity contribution in [1.29, 1.82) is 0 Å². The van der Waals surface area contributed by atoms with Crippen molar-refractivity contribution in [1.82, 2.24) is 5.32 Å². The predicted molar refractivity (Wildman–Crippen MR) is 76.1 cm³/mol. The Morgan fingerprint density at radius 2 is 2.24 bits per heavy atom. The molecule has 0 aliphatic heterocycles. The number of nitrogens with one attached hydrogen (secondary N) is 1. The highest BCUT2D eigenvalue weighted by Gasteiger charge is 2.07. The molecule has 0 spiro atoms. The summed E-state index contributed by atoms with van der Waals surface area (Å²) in [6.07, 6.45) is 0. The van der Waals surface area contributed by atoms with Crippen LogP contribution in [0.15, 0.2) is 23.1 Å². The van der Waals surface area contributed by atoms with Crippen molar-refractivity contribution >= 4 is 23.4 Å². The van der Waals surface area contributed by atoms with E-state index in [1.165, 1.54) is 5.56 Å². The SMILES string of the molecule is CCNC(C)c1ccc(SCCOC)c(Cl)c1. The minimum atomic E-state index is 0.343. The number of hydrogen-bond donors (Lipinski definition) is 1. The van der Waals surface area contributed by atoms with E-state index in [9.17, 15) is 0 Å². The van der Waals surface area contributed by atoms with Crippen molar-refractivity contribution in [3.63, 3.8) is 0 Å². The van der Waals surface area contributed by atoms with Crippen LogP contribution < -0.4 is 5.32 Å². The Kier molecular flexibility index (Phi) is 6.97. The van der Waals surface area contributed by atoms with Crippen LogP contribution in [-0.2, 0) is 4.74 Å². The molecule has 0 amide bonds. The molecule has 0 bridgehead atoms. The van der Waals surface area contributed by atoms with Crippen LogP contribution in [0.4, 0.5) is 0 Å². The smallest absolute Gasteiger partial charge is 0.0556 e. The summed E-state index contributed by atoms with van der Waals surface area (Å²) in [5.41, 5.74) is 1.23. The Morgan fingerprint density at radius 1 is 1.47 bits per heavy atom. The van der Waals surface area contributed by atoms with Gasteiger partial charge in [0.1, 0.15) is 0 Å². The molecule has 1 unspecified atom stereocenters. The summed E-state index contributed by atoms with van der Waals surface area (Å²) in [5, 5.41) is 4.20. The Balaban J connectivity index is 2.65. The molecule has 1 aromatic rings. The van der Waals surface area contributed by atoms with Gasteiger partial charge in [0, 0.05) is 23.8 Å². The molecule has 0 aliphatic rings. The molecule has 0 radical (unpaired) electrons. The lowest BCUT2D eigenvalue weighted by Gasteiger charge is -2.14. The van der Waals surface area contributed by atoms with E-state index in [2.05, 4.69) is 31.3 Å². The van der Waals surface area contributed by atoms with Gasteiger partial charge in [-0.25, -0.2) is 0 Å². The van der Waals surface area contributed by atoms with E-state index < -0.39 is 0 Å². The van der Waals surface area contributed by atoms with Crippen molar-refractivity contribution in [3.05, 3.63) is 28.8 Å². The second kappa shape index (κ2) is 7.98. The van der Waals surface area contributed by atoms with Crippen LogP contribution in [0.1, 0.15) is 25.5 Å². The van der Waals surface area contributed by atoms with Crippen LogP contribution in [-0.4, -0.2) is 26.0 Å². The Labute approximate surface area is 113 Å².